The van der Waals surface area contributed by atoms with E-state index in [4.69, 9.17) is 0 Å². The molecule has 3 N–H and O–H groups in total. The summed E-state index contributed by atoms with van der Waals surface area (Å²) in [4.78, 5) is 0. The SMILES string of the molecule is CC(C)[C@@H](C)/C=C/[C@@H](C)[C@H]1CCC2C3=CCC4C[C@H](O)[C@@H](O)C[C@]4(C)[C@@]3(O)CC[C@@]21C. The Morgan fingerprint density at radius 2 is 1.71 bits per heavy atom. The molecule has 3 heteroatoms. The lowest BCUT2D eigenvalue weighted by Gasteiger charge is -2.62. The van der Waals surface area contributed by atoms with Crippen molar-refractivity contribution in [1.82, 2.24) is 0 Å². The van der Waals surface area contributed by atoms with Gasteiger partial charge < -0.3 is 15.3 Å². The maximum atomic E-state index is 12.2. The lowest BCUT2D eigenvalue weighted by molar-refractivity contribution is -0.180. The number of aliphatic hydroxyl groups excluding tert-OH is 2. The van der Waals surface area contributed by atoms with Crippen LogP contribution in [0, 0.1) is 46.3 Å². The molecule has 0 bridgehead atoms. The van der Waals surface area contributed by atoms with Crippen molar-refractivity contribution in [2.45, 2.75) is 104 Å². The zero-order valence-corrected chi connectivity index (χ0v) is 20.6. The average Bonchev–Trinajstić information content (AvgIpc) is 3.05. The van der Waals surface area contributed by atoms with Gasteiger partial charge in [-0.2, -0.15) is 0 Å². The quantitative estimate of drug-likeness (QED) is 0.516. The standard InChI is InChI=1S/C28H46O3/c1-17(2)18(3)7-8-19(4)21-11-12-22-23-10-9-20-15-24(29)25(30)16-27(20,6)28(23,31)14-13-26(21,22)5/h7-8,10,17-22,24-25,29-31H,9,11-16H2,1-6H3/b8-7+/t18-,19+,20?,21+,22?,24-,25-,26+,27-,28+/m0/s1. The first-order valence-electron chi connectivity index (χ1n) is 12.9. The summed E-state index contributed by atoms with van der Waals surface area (Å²) in [5.74, 6) is 3.18. The number of hydrogen-bond donors (Lipinski definition) is 3. The predicted molar refractivity (Wildman–Crippen MR) is 126 cm³/mol. The molecule has 0 radical (unpaired) electrons. The van der Waals surface area contributed by atoms with Crippen LogP contribution in [0.2, 0.25) is 0 Å². The summed E-state index contributed by atoms with van der Waals surface area (Å²) in [5.41, 5.74) is 0.339. The van der Waals surface area contributed by atoms with E-state index in [1.54, 1.807) is 0 Å². The lowest BCUT2D eigenvalue weighted by Crippen LogP contribution is -2.63. The van der Waals surface area contributed by atoms with Gasteiger partial charge in [0.05, 0.1) is 17.8 Å². The molecule has 3 fully saturated rings. The Bertz CT molecular complexity index is 741. The van der Waals surface area contributed by atoms with Crippen molar-refractivity contribution in [2.75, 3.05) is 0 Å². The molecule has 0 aromatic rings. The van der Waals surface area contributed by atoms with Crippen LogP contribution in [0.15, 0.2) is 23.8 Å². The molecule has 0 aromatic heterocycles. The zero-order chi connectivity index (χ0) is 22.8. The van der Waals surface area contributed by atoms with Crippen LogP contribution in [0.5, 0.6) is 0 Å². The first-order chi connectivity index (χ1) is 14.4. The molecule has 3 nitrogen and oxygen atoms in total. The Hall–Kier alpha value is -0.640. The molecule has 2 unspecified atom stereocenters. The van der Waals surface area contributed by atoms with Crippen molar-refractivity contribution in [3.63, 3.8) is 0 Å². The maximum Gasteiger partial charge on any atom is 0.0916 e. The Morgan fingerprint density at radius 1 is 1.00 bits per heavy atom. The van der Waals surface area contributed by atoms with Crippen LogP contribution >= 0.6 is 0 Å². The maximum absolute atomic E-state index is 12.2. The molecule has 176 valence electrons. The minimum atomic E-state index is -0.832. The van der Waals surface area contributed by atoms with Crippen molar-refractivity contribution < 1.29 is 15.3 Å². The molecule has 3 saturated carbocycles. The second kappa shape index (κ2) is 7.99. The highest BCUT2D eigenvalue weighted by molar-refractivity contribution is 5.35. The van der Waals surface area contributed by atoms with E-state index >= 15 is 0 Å². The van der Waals surface area contributed by atoms with E-state index in [1.165, 1.54) is 18.4 Å². The fourth-order valence-corrected chi connectivity index (χ4v) is 8.09. The van der Waals surface area contributed by atoms with Crippen molar-refractivity contribution in [1.29, 1.82) is 0 Å². The van der Waals surface area contributed by atoms with Crippen LogP contribution in [0.1, 0.15) is 86.5 Å². The van der Waals surface area contributed by atoms with Gasteiger partial charge in [0.25, 0.3) is 0 Å². The smallest absolute Gasteiger partial charge is 0.0916 e. The summed E-state index contributed by atoms with van der Waals surface area (Å²) >= 11 is 0. The monoisotopic (exact) mass is 430 g/mol. The first kappa shape index (κ1) is 23.5. The van der Waals surface area contributed by atoms with Gasteiger partial charge in [-0.1, -0.05) is 59.8 Å². The van der Waals surface area contributed by atoms with E-state index in [9.17, 15) is 15.3 Å². The van der Waals surface area contributed by atoms with E-state index in [0.29, 0.717) is 42.4 Å². The van der Waals surface area contributed by atoms with Gasteiger partial charge in [0, 0.05) is 5.41 Å². The number of rotatable bonds is 4. The van der Waals surface area contributed by atoms with Gasteiger partial charge in [0.15, 0.2) is 0 Å². The normalized spacial score (nSPS) is 49.4. The molecule has 0 spiro atoms. The molecule has 0 aromatic carbocycles. The molecule has 0 aliphatic heterocycles. The highest BCUT2D eigenvalue weighted by Crippen LogP contribution is 2.68. The van der Waals surface area contributed by atoms with Gasteiger partial charge in [-0.3, -0.25) is 0 Å². The van der Waals surface area contributed by atoms with Crippen LogP contribution in [-0.2, 0) is 0 Å². The third-order valence-electron chi connectivity index (χ3n) is 10.8. The Morgan fingerprint density at radius 3 is 2.39 bits per heavy atom. The minimum Gasteiger partial charge on any atom is -0.390 e. The molecule has 0 amide bonds. The molecule has 4 rings (SSSR count). The summed E-state index contributed by atoms with van der Waals surface area (Å²) < 4.78 is 0. The third kappa shape index (κ3) is 3.49. The van der Waals surface area contributed by atoms with Crippen molar-refractivity contribution in [3.8, 4) is 0 Å². The highest BCUT2D eigenvalue weighted by Gasteiger charge is 2.65. The zero-order valence-electron chi connectivity index (χ0n) is 20.6. The minimum absolute atomic E-state index is 0.235. The van der Waals surface area contributed by atoms with E-state index in [2.05, 4.69) is 59.8 Å². The third-order valence-corrected chi connectivity index (χ3v) is 10.8. The second-order valence-electron chi connectivity index (χ2n) is 12.5. The Labute approximate surface area is 190 Å². The van der Waals surface area contributed by atoms with Crippen LogP contribution in [0.25, 0.3) is 0 Å². The van der Waals surface area contributed by atoms with Gasteiger partial charge in [-0.05, 0) is 91.4 Å². The topological polar surface area (TPSA) is 60.7 Å². The van der Waals surface area contributed by atoms with Gasteiger partial charge >= 0.3 is 0 Å². The first-order valence-corrected chi connectivity index (χ1v) is 12.9. The fourth-order valence-electron chi connectivity index (χ4n) is 8.09. The number of allylic oxidation sites excluding steroid dienone is 3. The molecule has 0 heterocycles. The Balaban J connectivity index is 1.60. The second-order valence-corrected chi connectivity index (χ2v) is 12.5. The molecule has 10 atom stereocenters. The number of aliphatic hydroxyl groups is 3. The van der Waals surface area contributed by atoms with Crippen LogP contribution < -0.4 is 0 Å². The Kier molecular flexibility index (Phi) is 6.06. The highest BCUT2D eigenvalue weighted by atomic mass is 16.3. The van der Waals surface area contributed by atoms with E-state index in [0.717, 1.165) is 19.3 Å². The summed E-state index contributed by atoms with van der Waals surface area (Å²) in [5, 5.41) is 33.0. The lowest BCUT2D eigenvalue weighted by atomic mass is 9.45. The fraction of sp³-hybridized carbons (Fsp3) is 0.857. The summed E-state index contributed by atoms with van der Waals surface area (Å²) in [6.45, 7) is 14.0. The van der Waals surface area contributed by atoms with E-state index in [1.807, 2.05) is 0 Å². The van der Waals surface area contributed by atoms with E-state index in [-0.39, 0.29) is 16.7 Å². The van der Waals surface area contributed by atoms with Crippen molar-refractivity contribution in [2.24, 2.45) is 46.3 Å². The van der Waals surface area contributed by atoms with Crippen LogP contribution in [0.4, 0.5) is 0 Å². The van der Waals surface area contributed by atoms with E-state index < -0.39 is 17.8 Å². The summed E-state index contributed by atoms with van der Waals surface area (Å²) in [6, 6.07) is 0. The number of fused-ring (bicyclic) bond motifs is 5. The van der Waals surface area contributed by atoms with Crippen molar-refractivity contribution in [3.05, 3.63) is 23.8 Å². The average molecular weight is 431 g/mol. The molecule has 4 aliphatic carbocycles. The molecule has 31 heavy (non-hydrogen) atoms. The molecular formula is C28H46O3. The molecule has 0 saturated heterocycles. The van der Waals surface area contributed by atoms with Gasteiger partial charge in [0.2, 0.25) is 0 Å². The molecular weight excluding hydrogens is 384 g/mol. The van der Waals surface area contributed by atoms with Crippen molar-refractivity contribution >= 4 is 0 Å². The van der Waals surface area contributed by atoms with Gasteiger partial charge in [-0.15, -0.1) is 0 Å². The van der Waals surface area contributed by atoms with Crippen LogP contribution in [-0.4, -0.2) is 33.1 Å². The van der Waals surface area contributed by atoms with Gasteiger partial charge in [0.1, 0.15) is 0 Å². The number of hydrogen-bond acceptors (Lipinski definition) is 3. The molecule has 4 aliphatic rings. The summed E-state index contributed by atoms with van der Waals surface area (Å²) in [6.07, 6.45) is 12.1. The summed E-state index contributed by atoms with van der Waals surface area (Å²) in [7, 11) is 0. The largest absolute Gasteiger partial charge is 0.390 e. The van der Waals surface area contributed by atoms with Crippen LogP contribution in [0.3, 0.4) is 0 Å². The predicted octanol–water partition coefficient (Wildman–Crippen LogP) is 5.50. The van der Waals surface area contributed by atoms with Gasteiger partial charge in [-0.25, -0.2) is 0 Å².